The third-order valence-electron chi connectivity index (χ3n) is 2.32. The number of nitrogens with zero attached hydrogens (tertiary/aromatic N) is 1. The Bertz CT molecular complexity index is 486. The highest BCUT2D eigenvalue weighted by Crippen LogP contribution is 2.17. The lowest BCUT2D eigenvalue weighted by atomic mass is 10.1. The van der Waals surface area contributed by atoms with E-state index in [4.69, 9.17) is 10.5 Å². The fraction of sp³-hybridized carbons (Fsp3) is 0.333. The Morgan fingerprint density at radius 2 is 2.00 bits per heavy atom. The van der Waals surface area contributed by atoms with Crippen LogP contribution in [0.15, 0.2) is 12.1 Å². The van der Waals surface area contributed by atoms with Crippen molar-refractivity contribution in [3.8, 4) is 0 Å². The normalized spacial score (nSPS) is 10.0. The number of ether oxygens (including phenoxy) is 1. The first-order chi connectivity index (χ1) is 8.32. The van der Waals surface area contributed by atoms with Crippen molar-refractivity contribution in [3.63, 3.8) is 0 Å². The third kappa shape index (κ3) is 3.19. The third-order valence-corrected chi connectivity index (χ3v) is 2.32. The lowest BCUT2D eigenvalue weighted by Gasteiger charge is -2.11. The van der Waals surface area contributed by atoms with Gasteiger partial charge in [0.05, 0.1) is 5.56 Å². The van der Waals surface area contributed by atoms with Gasteiger partial charge in [-0.3, -0.25) is 4.79 Å². The molecule has 1 amide bonds. The molecule has 0 spiro atoms. The molecule has 0 saturated carbocycles. The summed E-state index contributed by atoms with van der Waals surface area (Å²) in [6.45, 7) is 1.06. The van der Waals surface area contributed by atoms with E-state index in [1.807, 2.05) is 0 Å². The van der Waals surface area contributed by atoms with Gasteiger partial charge in [-0.1, -0.05) is 0 Å². The molecular weight excluding hydrogens is 239 g/mol. The van der Waals surface area contributed by atoms with E-state index in [-0.39, 0.29) is 22.7 Å². The molecule has 1 rings (SSSR count). The standard InChI is InChI=1S/C12H15FN2O3/c1-7-4-8(14)5-9(11(7)13)12(17)18-6-10(16)15(2)3/h4-5H,6,14H2,1-3H3. The number of halogens is 1. The summed E-state index contributed by atoms with van der Waals surface area (Å²) in [5, 5.41) is 0. The summed E-state index contributed by atoms with van der Waals surface area (Å²) in [4.78, 5) is 24.1. The summed E-state index contributed by atoms with van der Waals surface area (Å²) < 4.78 is 18.4. The Balaban J connectivity index is 2.82. The van der Waals surface area contributed by atoms with Crippen LogP contribution in [0.5, 0.6) is 0 Å². The van der Waals surface area contributed by atoms with Gasteiger partial charge in [-0.15, -0.1) is 0 Å². The second kappa shape index (κ2) is 5.48. The van der Waals surface area contributed by atoms with Gasteiger partial charge in [-0.05, 0) is 24.6 Å². The maximum absolute atomic E-state index is 13.7. The first-order valence-corrected chi connectivity index (χ1v) is 5.25. The van der Waals surface area contributed by atoms with Gasteiger partial charge >= 0.3 is 5.97 Å². The van der Waals surface area contributed by atoms with Crippen LogP contribution in [0.2, 0.25) is 0 Å². The number of nitrogen functional groups attached to an aromatic ring is 1. The van der Waals surface area contributed by atoms with Gasteiger partial charge in [0.25, 0.3) is 5.91 Å². The van der Waals surface area contributed by atoms with E-state index in [0.717, 1.165) is 0 Å². The van der Waals surface area contributed by atoms with Crippen LogP contribution in [-0.4, -0.2) is 37.5 Å². The molecule has 0 heterocycles. The summed E-state index contributed by atoms with van der Waals surface area (Å²) in [6, 6.07) is 2.60. The molecule has 0 aromatic heterocycles. The Kier molecular flexibility index (Phi) is 4.25. The number of aryl methyl sites for hydroxylation is 1. The van der Waals surface area contributed by atoms with Gasteiger partial charge in [0.15, 0.2) is 6.61 Å². The number of nitrogens with two attached hydrogens (primary N) is 1. The number of rotatable bonds is 3. The molecule has 18 heavy (non-hydrogen) atoms. The Morgan fingerprint density at radius 1 is 1.39 bits per heavy atom. The average molecular weight is 254 g/mol. The predicted molar refractivity (Wildman–Crippen MR) is 64.5 cm³/mol. The molecule has 0 fully saturated rings. The van der Waals surface area contributed by atoms with E-state index in [9.17, 15) is 14.0 Å². The molecule has 1 aromatic rings. The number of amides is 1. The maximum atomic E-state index is 13.7. The van der Waals surface area contributed by atoms with Gasteiger partial charge in [0.1, 0.15) is 5.82 Å². The van der Waals surface area contributed by atoms with E-state index in [0.29, 0.717) is 0 Å². The number of carbonyl (C=O) groups excluding carboxylic acids is 2. The van der Waals surface area contributed by atoms with Gasteiger partial charge in [-0.2, -0.15) is 0 Å². The predicted octanol–water partition coefficient (Wildman–Crippen LogP) is 0.961. The molecule has 1 aromatic carbocycles. The van der Waals surface area contributed by atoms with Gasteiger partial charge < -0.3 is 15.4 Å². The van der Waals surface area contributed by atoms with Crippen LogP contribution in [0.3, 0.4) is 0 Å². The minimum absolute atomic E-state index is 0.251. The number of anilines is 1. The molecule has 0 saturated heterocycles. The van der Waals surface area contributed by atoms with E-state index >= 15 is 0 Å². The van der Waals surface area contributed by atoms with Crippen LogP contribution >= 0.6 is 0 Å². The number of carbonyl (C=O) groups is 2. The van der Waals surface area contributed by atoms with Crippen LogP contribution in [-0.2, 0) is 9.53 Å². The highest BCUT2D eigenvalue weighted by molar-refractivity contribution is 5.92. The summed E-state index contributed by atoms with van der Waals surface area (Å²) in [7, 11) is 3.06. The molecule has 2 N–H and O–H groups in total. The van der Waals surface area contributed by atoms with E-state index < -0.39 is 18.4 Å². The zero-order valence-electron chi connectivity index (χ0n) is 10.5. The molecule has 0 aliphatic carbocycles. The number of hydrogen-bond acceptors (Lipinski definition) is 4. The van der Waals surface area contributed by atoms with Crippen molar-refractivity contribution in [1.29, 1.82) is 0 Å². The lowest BCUT2D eigenvalue weighted by molar-refractivity contribution is -0.131. The van der Waals surface area contributed by atoms with Gasteiger partial charge in [0, 0.05) is 19.8 Å². The Labute approximate surface area is 104 Å². The SMILES string of the molecule is Cc1cc(N)cc(C(=O)OCC(=O)N(C)C)c1F. The Morgan fingerprint density at radius 3 is 2.56 bits per heavy atom. The average Bonchev–Trinajstić information content (AvgIpc) is 2.29. The van der Waals surface area contributed by atoms with Crippen LogP contribution in [0.4, 0.5) is 10.1 Å². The molecule has 0 aliphatic heterocycles. The largest absolute Gasteiger partial charge is 0.452 e. The number of hydrogen-bond donors (Lipinski definition) is 1. The second-order valence-electron chi connectivity index (χ2n) is 4.06. The summed E-state index contributed by atoms with van der Waals surface area (Å²) in [5.41, 5.74) is 5.77. The zero-order valence-corrected chi connectivity index (χ0v) is 10.5. The smallest absolute Gasteiger partial charge is 0.341 e. The van der Waals surface area contributed by atoms with Crippen molar-refractivity contribution in [2.75, 3.05) is 26.4 Å². The van der Waals surface area contributed by atoms with Crippen molar-refractivity contribution in [2.45, 2.75) is 6.92 Å². The van der Waals surface area contributed by atoms with Crippen molar-refractivity contribution < 1.29 is 18.7 Å². The van der Waals surface area contributed by atoms with Crippen molar-refractivity contribution in [1.82, 2.24) is 4.90 Å². The molecule has 0 bridgehead atoms. The highest BCUT2D eigenvalue weighted by Gasteiger charge is 2.17. The van der Waals surface area contributed by atoms with Crippen LogP contribution in [0.1, 0.15) is 15.9 Å². The van der Waals surface area contributed by atoms with Gasteiger partial charge in [-0.25, -0.2) is 9.18 Å². The summed E-state index contributed by atoms with van der Waals surface area (Å²) in [6.07, 6.45) is 0. The van der Waals surface area contributed by atoms with Crippen molar-refractivity contribution in [3.05, 3.63) is 29.1 Å². The minimum atomic E-state index is -0.905. The summed E-state index contributed by atoms with van der Waals surface area (Å²) >= 11 is 0. The van der Waals surface area contributed by atoms with E-state index in [1.54, 1.807) is 0 Å². The Hall–Kier alpha value is -2.11. The fourth-order valence-electron chi connectivity index (χ4n) is 1.28. The van der Waals surface area contributed by atoms with Crippen LogP contribution in [0, 0.1) is 12.7 Å². The minimum Gasteiger partial charge on any atom is -0.452 e. The summed E-state index contributed by atoms with van der Waals surface area (Å²) in [5.74, 6) is -1.98. The van der Waals surface area contributed by atoms with Gasteiger partial charge in [0.2, 0.25) is 0 Å². The fourth-order valence-corrected chi connectivity index (χ4v) is 1.28. The van der Waals surface area contributed by atoms with Crippen molar-refractivity contribution >= 4 is 17.6 Å². The molecule has 5 nitrogen and oxygen atoms in total. The van der Waals surface area contributed by atoms with Crippen LogP contribution in [0.25, 0.3) is 0 Å². The first-order valence-electron chi connectivity index (χ1n) is 5.25. The molecule has 0 atom stereocenters. The first kappa shape index (κ1) is 14.0. The molecule has 0 unspecified atom stereocenters. The second-order valence-corrected chi connectivity index (χ2v) is 4.06. The molecule has 98 valence electrons. The molecular formula is C12H15FN2O3. The number of esters is 1. The zero-order chi connectivity index (χ0) is 13.9. The highest BCUT2D eigenvalue weighted by atomic mass is 19.1. The molecule has 0 radical (unpaired) electrons. The molecule has 6 heteroatoms. The van der Waals surface area contributed by atoms with E-state index in [2.05, 4.69) is 0 Å². The topological polar surface area (TPSA) is 72.6 Å². The lowest BCUT2D eigenvalue weighted by Crippen LogP contribution is -2.27. The van der Waals surface area contributed by atoms with Crippen molar-refractivity contribution in [2.24, 2.45) is 0 Å². The number of likely N-dealkylation sites (N-methyl/N-ethyl adjacent to an activating group) is 1. The molecule has 0 aliphatic rings. The maximum Gasteiger partial charge on any atom is 0.341 e. The van der Waals surface area contributed by atoms with Crippen LogP contribution < -0.4 is 5.73 Å². The quantitative estimate of drug-likeness (QED) is 0.644. The number of benzene rings is 1. The monoisotopic (exact) mass is 254 g/mol. The van der Waals surface area contributed by atoms with E-state index in [1.165, 1.54) is 38.1 Å².